The Morgan fingerprint density at radius 1 is 0.976 bits per heavy atom. The number of carbonyl (C=O) groups excluding carboxylic acids is 2. The van der Waals surface area contributed by atoms with Gasteiger partial charge >= 0.3 is 0 Å². The molecule has 1 atom stereocenters. The van der Waals surface area contributed by atoms with Gasteiger partial charge in [0.1, 0.15) is 12.6 Å². The van der Waals surface area contributed by atoms with E-state index in [1.54, 1.807) is 62.4 Å². The highest BCUT2D eigenvalue weighted by Crippen LogP contribution is 2.30. The quantitative estimate of drug-likeness (QED) is 0.291. The molecule has 1 N–H and O–H groups in total. The predicted octanol–water partition coefficient (Wildman–Crippen LogP) is 6.28. The first kappa shape index (κ1) is 30.9. The maximum atomic E-state index is 14.1. The minimum Gasteiger partial charge on any atom is -0.352 e. The van der Waals surface area contributed by atoms with Crippen LogP contribution in [0.4, 0.5) is 5.69 Å². The summed E-state index contributed by atoms with van der Waals surface area (Å²) in [7, 11) is -4.18. The molecule has 218 valence electrons. The summed E-state index contributed by atoms with van der Waals surface area (Å²) < 4.78 is 29.1. The third-order valence-corrected chi connectivity index (χ3v) is 9.87. The summed E-state index contributed by atoms with van der Waals surface area (Å²) in [6.07, 6.45) is 3.89. The number of nitrogens with zero attached hydrogens (tertiary/aromatic N) is 2. The second-order valence-corrected chi connectivity index (χ2v) is 13.2. The van der Waals surface area contributed by atoms with Crippen molar-refractivity contribution < 1.29 is 18.0 Å². The Kier molecular flexibility index (Phi) is 10.00. The van der Waals surface area contributed by atoms with Crippen molar-refractivity contribution in [1.29, 1.82) is 0 Å². The summed E-state index contributed by atoms with van der Waals surface area (Å²) in [6, 6.07) is 17.6. The highest BCUT2D eigenvalue weighted by Gasteiger charge is 2.34. The molecule has 0 bridgehead atoms. The third kappa shape index (κ3) is 7.42. The van der Waals surface area contributed by atoms with Gasteiger partial charge in [0, 0.05) is 22.6 Å². The van der Waals surface area contributed by atoms with Crippen molar-refractivity contribution in [1.82, 2.24) is 10.2 Å². The number of carbonyl (C=O) groups is 2. The predicted molar refractivity (Wildman–Crippen MR) is 164 cm³/mol. The largest absolute Gasteiger partial charge is 0.352 e. The topological polar surface area (TPSA) is 86.8 Å². The number of hydrogen-bond donors (Lipinski definition) is 1. The van der Waals surface area contributed by atoms with E-state index >= 15 is 0 Å². The first-order valence-electron chi connectivity index (χ1n) is 13.7. The third-order valence-electron chi connectivity index (χ3n) is 7.50. The van der Waals surface area contributed by atoms with E-state index in [2.05, 4.69) is 5.32 Å². The molecule has 4 rings (SSSR count). The molecular formula is C31H35Cl2N3O4S. The van der Waals surface area contributed by atoms with Crippen LogP contribution >= 0.6 is 23.2 Å². The van der Waals surface area contributed by atoms with Crippen molar-refractivity contribution in [2.24, 2.45) is 0 Å². The molecule has 7 nitrogen and oxygen atoms in total. The molecule has 1 fully saturated rings. The molecule has 0 aromatic heterocycles. The molecule has 3 aromatic rings. The molecule has 1 aliphatic carbocycles. The molecule has 2 amide bonds. The van der Waals surface area contributed by atoms with Crippen molar-refractivity contribution >= 4 is 50.7 Å². The number of nitrogens with one attached hydrogen (secondary N) is 1. The maximum absolute atomic E-state index is 14.1. The first-order chi connectivity index (χ1) is 19.5. The van der Waals surface area contributed by atoms with Crippen LogP contribution in [-0.2, 0) is 26.2 Å². The number of anilines is 1. The van der Waals surface area contributed by atoms with Crippen molar-refractivity contribution in [2.75, 3.05) is 10.8 Å². The van der Waals surface area contributed by atoms with Gasteiger partial charge in [0.05, 0.1) is 10.6 Å². The van der Waals surface area contributed by atoms with Gasteiger partial charge in [0.15, 0.2) is 0 Å². The Balaban J connectivity index is 1.73. The highest BCUT2D eigenvalue weighted by atomic mass is 35.5. The van der Waals surface area contributed by atoms with Crippen LogP contribution in [-0.4, -0.2) is 43.8 Å². The molecule has 0 spiro atoms. The van der Waals surface area contributed by atoms with Crippen LogP contribution in [0, 0.1) is 13.8 Å². The number of rotatable bonds is 10. The Morgan fingerprint density at radius 2 is 1.63 bits per heavy atom. The molecule has 0 unspecified atom stereocenters. The number of halogens is 2. The second kappa shape index (κ2) is 13.3. The van der Waals surface area contributed by atoms with Crippen LogP contribution < -0.4 is 9.62 Å². The van der Waals surface area contributed by atoms with E-state index in [1.807, 2.05) is 6.92 Å². The van der Waals surface area contributed by atoms with E-state index in [9.17, 15) is 18.0 Å². The summed E-state index contributed by atoms with van der Waals surface area (Å²) in [5.41, 5.74) is 2.46. The summed E-state index contributed by atoms with van der Waals surface area (Å²) in [4.78, 5) is 28.9. The van der Waals surface area contributed by atoms with Crippen LogP contribution in [0.1, 0.15) is 49.3 Å². The van der Waals surface area contributed by atoms with Crippen molar-refractivity contribution in [2.45, 2.75) is 70.0 Å². The minimum absolute atomic E-state index is 0.0324. The highest BCUT2D eigenvalue weighted by molar-refractivity contribution is 7.92. The fraction of sp³-hybridized carbons (Fsp3) is 0.355. The number of sulfonamides is 1. The fourth-order valence-electron chi connectivity index (χ4n) is 4.99. The van der Waals surface area contributed by atoms with Gasteiger partial charge in [-0.1, -0.05) is 78.0 Å². The molecule has 0 aliphatic heterocycles. The van der Waals surface area contributed by atoms with Crippen LogP contribution in [0.15, 0.2) is 71.6 Å². The van der Waals surface area contributed by atoms with Crippen LogP contribution in [0.5, 0.6) is 0 Å². The Labute approximate surface area is 252 Å². The molecule has 10 heteroatoms. The zero-order valence-electron chi connectivity index (χ0n) is 23.4. The van der Waals surface area contributed by atoms with Gasteiger partial charge < -0.3 is 10.2 Å². The summed E-state index contributed by atoms with van der Waals surface area (Å²) in [5.74, 6) is -0.835. The monoisotopic (exact) mass is 615 g/mol. The van der Waals surface area contributed by atoms with Gasteiger partial charge in [-0.3, -0.25) is 13.9 Å². The standard InChI is InChI=1S/C31H35Cl2N3O4S/c1-21-12-16-27(17-13-21)41(39,40)36(29-18-25(32)15-14-22(29)2)20-30(37)35(19-24-8-4-7-11-28(24)33)23(3)31(38)34-26-9-5-6-10-26/h4,7-8,11-18,23,26H,5-6,9-10,19-20H2,1-3H3,(H,34,38)/t23-/m0/s1. The van der Waals surface area contributed by atoms with Crippen LogP contribution in [0.25, 0.3) is 0 Å². The molecule has 3 aromatic carbocycles. The average molecular weight is 617 g/mol. The number of benzene rings is 3. The summed E-state index contributed by atoms with van der Waals surface area (Å²) in [5, 5.41) is 3.84. The fourth-order valence-corrected chi connectivity index (χ4v) is 6.82. The minimum atomic E-state index is -4.18. The number of amides is 2. The number of aryl methyl sites for hydroxylation is 2. The zero-order chi connectivity index (χ0) is 29.7. The van der Waals surface area contributed by atoms with Crippen LogP contribution in [0.2, 0.25) is 10.0 Å². The van der Waals surface area contributed by atoms with E-state index < -0.39 is 28.5 Å². The lowest BCUT2D eigenvalue weighted by molar-refractivity contribution is -0.139. The molecule has 0 heterocycles. The van der Waals surface area contributed by atoms with E-state index in [4.69, 9.17) is 23.2 Å². The number of hydrogen-bond acceptors (Lipinski definition) is 4. The van der Waals surface area contributed by atoms with E-state index in [0.717, 1.165) is 35.6 Å². The Morgan fingerprint density at radius 3 is 2.29 bits per heavy atom. The average Bonchev–Trinajstić information content (AvgIpc) is 3.45. The molecule has 41 heavy (non-hydrogen) atoms. The second-order valence-electron chi connectivity index (χ2n) is 10.5. The van der Waals surface area contributed by atoms with Crippen LogP contribution in [0.3, 0.4) is 0 Å². The van der Waals surface area contributed by atoms with Crippen molar-refractivity contribution in [3.63, 3.8) is 0 Å². The summed E-state index contributed by atoms with van der Waals surface area (Å²) in [6.45, 7) is 4.77. The molecule has 0 saturated heterocycles. The van der Waals surface area contributed by atoms with Crippen molar-refractivity contribution in [3.05, 3.63) is 93.5 Å². The smallest absolute Gasteiger partial charge is 0.264 e. The maximum Gasteiger partial charge on any atom is 0.264 e. The van der Waals surface area contributed by atoms with Gasteiger partial charge in [-0.05, 0) is 75.1 Å². The van der Waals surface area contributed by atoms with Crippen molar-refractivity contribution in [3.8, 4) is 0 Å². The van der Waals surface area contributed by atoms with Gasteiger partial charge in [0.25, 0.3) is 10.0 Å². The molecule has 0 radical (unpaired) electrons. The lowest BCUT2D eigenvalue weighted by Gasteiger charge is -2.33. The Hall–Kier alpha value is -3.07. The van der Waals surface area contributed by atoms with Gasteiger partial charge in [-0.2, -0.15) is 0 Å². The Bertz CT molecular complexity index is 1510. The van der Waals surface area contributed by atoms with Gasteiger partial charge in [-0.25, -0.2) is 8.42 Å². The molecule has 1 saturated carbocycles. The zero-order valence-corrected chi connectivity index (χ0v) is 25.8. The first-order valence-corrected chi connectivity index (χ1v) is 15.9. The summed E-state index contributed by atoms with van der Waals surface area (Å²) >= 11 is 12.7. The van der Waals surface area contributed by atoms with E-state index in [0.29, 0.717) is 21.2 Å². The molecular weight excluding hydrogens is 581 g/mol. The SMILES string of the molecule is Cc1ccc(S(=O)(=O)N(CC(=O)N(Cc2ccccc2Cl)[C@@H](C)C(=O)NC2CCCC2)c2cc(Cl)ccc2C)cc1. The normalized spacial score (nSPS) is 14.5. The van der Waals surface area contributed by atoms with E-state index in [1.165, 1.54) is 23.1 Å². The van der Waals surface area contributed by atoms with Gasteiger partial charge in [0.2, 0.25) is 11.8 Å². The lowest BCUT2D eigenvalue weighted by atomic mass is 10.1. The molecule has 1 aliphatic rings. The van der Waals surface area contributed by atoms with Gasteiger partial charge in [-0.15, -0.1) is 0 Å². The van der Waals surface area contributed by atoms with E-state index in [-0.39, 0.29) is 29.1 Å². The lowest BCUT2D eigenvalue weighted by Crippen LogP contribution is -2.52.